The molecule has 0 aliphatic heterocycles. The van der Waals surface area contributed by atoms with Crippen molar-refractivity contribution < 1.29 is 4.79 Å². The number of hydrogen-bond donors (Lipinski definition) is 3. The first-order chi connectivity index (χ1) is 8.17. The number of carbonyl (C=O) groups is 1. The van der Waals surface area contributed by atoms with Crippen LogP contribution in [-0.2, 0) is 5.75 Å². The summed E-state index contributed by atoms with van der Waals surface area (Å²) in [4.78, 5) is 11.2. The largest absolute Gasteiger partial charge is 0.330 e. The van der Waals surface area contributed by atoms with Gasteiger partial charge >= 0.3 is 0 Å². The minimum atomic E-state index is -0.263. The molecule has 0 radical (unpaired) electrons. The number of hydrogen-bond acceptors (Lipinski definition) is 4. The molecule has 0 aromatic heterocycles. The SMILES string of the molecule is CC(CCN)SCc1ccc(C(=O)NN)cc1. The van der Waals surface area contributed by atoms with Gasteiger partial charge in [-0.25, -0.2) is 5.84 Å². The predicted molar refractivity (Wildman–Crippen MR) is 72.5 cm³/mol. The van der Waals surface area contributed by atoms with Crippen molar-refractivity contribution in [1.29, 1.82) is 0 Å². The van der Waals surface area contributed by atoms with E-state index in [1.54, 1.807) is 12.1 Å². The van der Waals surface area contributed by atoms with Crippen LogP contribution in [0, 0.1) is 0 Å². The second-order valence-corrected chi connectivity index (χ2v) is 5.30. The first-order valence-electron chi connectivity index (χ1n) is 5.59. The van der Waals surface area contributed by atoms with Crippen molar-refractivity contribution >= 4 is 17.7 Å². The summed E-state index contributed by atoms with van der Waals surface area (Å²) >= 11 is 1.87. The Labute approximate surface area is 106 Å². The van der Waals surface area contributed by atoms with Gasteiger partial charge in [-0.15, -0.1) is 0 Å². The monoisotopic (exact) mass is 253 g/mol. The fraction of sp³-hybridized carbons (Fsp3) is 0.417. The summed E-state index contributed by atoms with van der Waals surface area (Å²) in [6.07, 6.45) is 1.03. The number of amides is 1. The van der Waals surface area contributed by atoms with E-state index in [4.69, 9.17) is 11.6 Å². The van der Waals surface area contributed by atoms with Crippen LogP contribution >= 0.6 is 11.8 Å². The molecule has 1 rings (SSSR count). The number of nitrogen functional groups attached to an aromatic ring is 1. The molecular weight excluding hydrogens is 234 g/mol. The maximum Gasteiger partial charge on any atom is 0.265 e. The molecule has 0 saturated carbocycles. The van der Waals surface area contributed by atoms with Gasteiger partial charge in [0.15, 0.2) is 0 Å². The second-order valence-electron chi connectivity index (χ2n) is 3.87. The number of nitrogens with two attached hydrogens (primary N) is 2. The van der Waals surface area contributed by atoms with Gasteiger partial charge in [-0.1, -0.05) is 19.1 Å². The Hall–Kier alpha value is -1.04. The summed E-state index contributed by atoms with van der Waals surface area (Å²) in [5.74, 6) is 5.73. The van der Waals surface area contributed by atoms with Crippen molar-refractivity contribution in [3.8, 4) is 0 Å². The van der Waals surface area contributed by atoms with Gasteiger partial charge in [-0.2, -0.15) is 11.8 Å². The maximum absolute atomic E-state index is 11.2. The molecule has 0 bridgehead atoms. The van der Waals surface area contributed by atoms with E-state index in [-0.39, 0.29) is 5.91 Å². The smallest absolute Gasteiger partial charge is 0.265 e. The molecule has 1 atom stereocenters. The van der Waals surface area contributed by atoms with E-state index in [2.05, 4.69) is 12.3 Å². The molecule has 0 aliphatic carbocycles. The van der Waals surface area contributed by atoms with Crippen molar-refractivity contribution in [3.05, 3.63) is 35.4 Å². The molecule has 94 valence electrons. The van der Waals surface area contributed by atoms with Crippen LogP contribution in [0.15, 0.2) is 24.3 Å². The first kappa shape index (κ1) is 14.0. The third-order valence-electron chi connectivity index (χ3n) is 2.45. The third kappa shape index (κ3) is 4.77. The summed E-state index contributed by atoms with van der Waals surface area (Å²) < 4.78 is 0. The number of carbonyl (C=O) groups excluding carboxylic acids is 1. The molecule has 0 aliphatic rings. The number of nitrogens with one attached hydrogen (secondary N) is 1. The highest BCUT2D eigenvalue weighted by atomic mass is 32.2. The van der Waals surface area contributed by atoms with Crippen molar-refractivity contribution in [3.63, 3.8) is 0 Å². The lowest BCUT2D eigenvalue weighted by Gasteiger charge is -2.09. The van der Waals surface area contributed by atoms with E-state index in [0.717, 1.165) is 18.7 Å². The number of thioether (sulfide) groups is 1. The van der Waals surface area contributed by atoms with Crippen molar-refractivity contribution in [2.45, 2.75) is 24.3 Å². The zero-order valence-electron chi connectivity index (χ0n) is 9.98. The molecule has 0 fully saturated rings. The summed E-state index contributed by atoms with van der Waals surface area (Å²) in [6, 6.07) is 7.47. The van der Waals surface area contributed by atoms with Gasteiger partial charge in [-0.3, -0.25) is 10.2 Å². The van der Waals surface area contributed by atoms with Crippen LogP contribution in [0.2, 0.25) is 0 Å². The fourth-order valence-electron chi connectivity index (χ4n) is 1.39. The predicted octanol–water partition coefficient (Wildman–Crippen LogP) is 1.26. The summed E-state index contributed by atoms with van der Waals surface area (Å²) in [5, 5.41) is 0.562. The molecule has 4 nitrogen and oxygen atoms in total. The van der Waals surface area contributed by atoms with Crippen molar-refractivity contribution in [1.82, 2.24) is 5.43 Å². The van der Waals surface area contributed by atoms with Crippen LogP contribution in [0.4, 0.5) is 0 Å². The van der Waals surface area contributed by atoms with Crippen molar-refractivity contribution in [2.24, 2.45) is 11.6 Å². The quantitative estimate of drug-likeness (QED) is 0.405. The molecule has 0 spiro atoms. The molecule has 17 heavy (non-hydrogen) atoms. The second kappa shape index (κ2) is 7.32. The van der Waals surface area contributed by atoms with Gasteiger partial charge in [0.2, 0.25) is 0 Å². The summed E-state index contributed by atoms with van der Waals surface area (Å²) in [7, 11) is 0. The maximum atomic E-state index is 11.2. The Morgan fingerprint density at radius 1 is 1.41 bits per heavy atom. The average Bonchev–Trinajstić information content (AvgIpc) is 2.36. The molecule has 1 amide bonds. The molecule has 1 aromatic carbocycles. The molecule has 1 unspecified atom stereocenters. The Balaban J connectivity index is 2.48. The minimum absolute atomic E-state index is 0.263. The third-order valence-corrected chi connectivity index (χ3v) is 3.76. The average molecular weight is 253 g/mol. The molecule has 5 N–H and O–H groups in total. The Morgan fingerprint density at radius 3 is 2.59 bits per heavy atom. The van der Waals surface area contributed by atoms with Gasteiger partial charge in [0, 0.05) is 16.6 Å². The van der Waals surface area contributed by atoms with Gasteiger partial charge in [-0.05, 0) is 30.7 Å². The molecule has 1 aromatic rings. The van der Waals surface area contributed by atoms with Crippen LogP contribution < -0.4 is 17.0 Å². The Morgan fingerprint density at radius 2 is 2.06 bits per heavy atom. The lowest BCUT2D eigenvalue weighted by molar-refractivity contribution is 0.0953. The highest BCUT2D eigenvalue weighted by molar-refractivity contribution is 7.99. The van der Waals surface area contributed by atoms with Gasteiger partial charge in [0.05, 0.1) is 0 Å². The van der Waals surface area contributed by atoms with Crippen molar-refractivity contribution in [2.75, 3.05) is 6.54 Å². The lowest BCUT2D eigenvalue weighted by atomic mass is 10.1. The number of hydrazine groups is 1. The van der Waals surface area contributed by atoms with Gasteiger partial charge in [0.25, 0.3) is 5.91 Å². The normalized spacial score (nSPS) is 12.2. The van der Waals surface area contributed by atoms with Crippen LogP contribution in [0.25, 0.3) is 0 Å². The van der Waals surface area contributed by atoms with E-state index in [1.807, 2.05) is 23.9 Å². The van der Waals surface area contributed by atoms with E-state index in [9.17, 15) is 4.79 Å². The molecule has 0 saturated heterocycles. The van der Waals surface area contributed by atoms with Crippen LogP contribution in [0.1, 0.15) is 29.3 Å². The van der Waals surface area contributed by atoms with Gasteiger partial charge < -0.3 is 5.73 Å². The first-order valence-corrected chi connectivity index (χ1v) is 6.63. The van der Waals surface area contributed by atoms with E-state index in [1.165, 1.54) is 5.56 Å². The number of benzene rings is 1. The number of rotatable bonds is 6. The van der Waals surface area contributed by atoms with E-state index >= 15 is 0 Å². The Kier molecular flexibility index (Phi) is 6.04. The van der Waals surface area contributed by atoms with Crippen LogP contribution in [0.5, 0.6) is 0 Å². The molecular formula is C12H19N3OS. The molecule has 5 heteroatoms. The minimum Gasteiger partial charge on any atom is -0.330 e. The highest BCUT2D eigenvalue weighted by Gasteiger charge is 2.04. The summed E-state index contributed by atoms with van der Waals surface area (Å²) in [5.41, 5.74) is 9.39. The van der Waals surface area contributed by atoms with Crippen LogP contribution in [-0.4, -0.2) is 17.7 Å². The molecule has 0 heterocycles. The fourth-order valence-corrected chi connectivity index (χ4v) is 2.36. The van der Waals surface area contributed by atoms with Crippen LogP contribution in [0.3, 0.4) is 0 Å². The van der Waals surface area contributed by atoms with E-state index in [0.29, 0.717) is 10.8 Å². The Bertz CT molecular complexity index is 353. The summed E-state index contributed by atoms with van der Waals surface area (Å²) in [6.45, 7) is 2.90. The lowest BCUT2D eigenvalue weighted by Crippen LogP contribution is -2.29. The highest BCUT2D eigenvalue weighted by Crippen LogP contribution is 2.19. The standard InChI is InChI=1S/C12H19N3OS/c1-9(6-7-13)17-8-10-2-4-11(5-3-10)12(16)15-14/h2-5,9H,6-8,13-14H2,1H3,(H,15,16). The zero-order chi connectivity index (χ0) is 12.7. The topological polar surface area (TPSA) is 81.1 Å². The van der Waals surface area contributed by atoms with E-state index < -0.39 is 0 Å². The zero-order valence-corrected chi connectivity index (χ0v) is 10.8. The van der Waals surface area contributed by atoms with Gasteiger partial charge in [0.1, 0.15) is 0 Å².